The van der Waals surface area contributed by atoms with Gasteiger partial charge in [0.25, 0.3) is 0 Å². The Morgan fingerprint density at radius 2 is 1.71 bits per heavy atom. The molecule has 2 fully saturated rings. The average Bonchev–Trinajstić information content (AvgIpc) is 2.90. The molecule has 0 N–H and O–H groups in total. The number of hydrogen-bond donors (Lipinski definition) is 0. The van der Waals surface area contributed by atoms with Crippen molar-refractivity contribution in [2.45, 2.75) is 25.7 Å². The van der Waals surface area contributed by atoms with Crippen LogP contribution >= 0.6 is 11.6 Å². The third-order valence-corrected chi connectivity index (χ3v) is 4.56. The largest absolute Gasteiger partial charge is 0.342 e. The molecule has 2 aliphatic rings. The molecule has 2 aliphatic heterocycles. The van der Waals surface area contributed by atoms with E-state index in [0.717, 1.165) is 31.6 Å². The van der Waals surface area contributed by atoms with Gasteiger partial charge in [0, 0.05) is 30.3 Å². The van der Waals surface area contributed by atoms with Crippen molar-refractivity contribution < 1.29 is 9.59 Å². The van der Waals surface area contributed by atoms with Gasteiger partial charge in [-0.3, -0.25) is 9.59 Å². The van der Waals surface area contributed by atoms with Crippen molar-refractivity contribution in [3.63, 3.8) is 0 Å². The average molecular weight is 307 g/mol. The van der Waals surface area contributed by atoms with Crippen molar-refractivity contribution in [1.82, 2.24) is 4.90 Å². The summed E-state index contributed by atoms with van der Waals surface area (Å²) in [6.45, 7) is 2.19. The number of carbonyl (C=O) groups excluding carboxylic acids is 2. The van der Waals surface area contributed by atoms with Gasteiger partial charge >= 0.3 is 0 Å². The van der Waals surface area contributed by atoms with E-state index >= 15 is 0 Å². The van der Waals surface area contributed by atoms with Gasteiger partial charge in [-0.05, 0) is 49.9 Å². The molecule has 112 valence electrons. The van der Waals surface area contributed by atoms with Crippen LogP contribution in [0, 0.1) is 5.92 Å². The number of hydrogen-bond acceptors (Lipinski definition) is 2. The molecular weight excluding hydrogens is 288 g/mol. The summed E-state index contributed by atoms with van der Waals surface area (Å²) in [7, 11) is 0. The molecule has 0 spiro atoms. The molecule has 2 heterocycles. The van der Waals surface area contributed by atoms with Gasteiger partial charge in [0.1, 0.15) is 5.92 Å². The van der Waals surface area contributed by atoms with Crippen LogP contribution in [0.15, 0.2) is 24.3 Å². The zero-order chi connectivity index (χ0) is 14.8. The monoisotopic (exact) mass is 306 g/mol. The summed E-state index contributed by atoms with van der Waals surface area (Å²) in [6, 6.07) is 7.19. The molecule has 0 bridgehead atoms. The van der Waals surface area contributed by atoms with Crippen molar-refractivity contribution in [2.24, 2.45) is 5.92 Å². The number of anilines is 1. The van der Waals surface area contributed by atoms with Crippen LogP contribution in [0.4, 0.5) is 5.69 Å². The van der Waals surface area contributed by atoms with Crippen molar-refractivity contribution >= 4 is 29.1 Å². The highest BCUT2D eigenvalue weighted by molar-refractivity contribution is 6.30. The molecular formula is C16H19ClN2O2. The molecule has 4 nitrogen and oxygen atoms in total. The lowest BCUT2D eigenvalue weighted by molar-refractivity contribution is -0.140. The first-order chi connectivity index (χ1) is 10.2. The molecule has 21 heavy (non-hydrogen) atoms. The van der Waals surface area contributed by atoms with E-state index in [-0.39, 0.29) is 11.8 Å². The van der Waals surface area contributed by atoms with E-state index < -0.39 is 5.92 Å². The third-order valence-electron chi connectivity index (χ3n) is 4.31. The fourth-order valence-corrected chi connectivity index (χ4v) is 3.25. The molecule has 1 atom stereocenters. The van der Waals surface area contributed by atoms with Gasteiger partial charge < -0.3 is 9.80 Å². The second kappa shape index (κ2) is 6.06. The minimum atomic E-state index is -0.501. The molecule has 2 saturated heterocycles. The molecule has 2 amide bonds. The normalized spacial score (nSPS) is 22.7. The quantitative estimate of drug-likeness (QED) is 0.788. The summed E-state index contributed by atoms with van der Waals surface area (Å²) in [5.74, 6) is -0.567. The smallest absolute Gasteiger partial charge is 0.239 e. The van der Waals surface area contributed by atoms with Crippen molar-refractivity contribution in [2.75, 3.05) is 24.5 Å². The van der Waals surface area contributed by atoms with Crippen LogP contribution in [0.25, 0.3) is 0 Å². The maximum Gasteiger partial charge on any atom is 0.239 e. The molecule has 5 heteroatoms. The number of likely N-dealkylation sites (tertiary alicyclic amines) is 1. The topological polar surface area (TPSA) is 40.6 Å². The number of rotatable bonds is 2. The number of piperidine rings is 1. The van der Waals surface area contributed by atoms with Crippen molar-refractivity contribution in [3.8, 4) is 0 Å². The van der Waals surface area contributed by atoms with Gasteiger partial charge in [-0.15, -0.1) is 0 Å². The number of amides is 2. The van der Waals surface area contributed by atoms with E-state index in [2.05, 4.69) is 0 Å². The van der Waals surface area contributed by atoms with Gasteiger partial charge in [-0.25, -0.2) is 0 Å². The second-order valence-corrected chi connectivity index (χ2v) is 6.13. The van der Waals surface area contributed by atoms with Crippen LogP contribution in [0.5, 0.6) is 0 Å². The molecule has 1 aromatic rings. The molecule has 3 rings (SSSR count). The van der Waals surface area contributed by atoms with Crippen molar-refractivity contribution in [1.29, 1.82) is 0 Å². The van der Waals surface area contributed by atoms with Gasteiger partial charge in [0.2, 0.25) is 11.8 Å². The van der Waals surface area contributed by atoms with E-state index in [1.807, 2.05) is 17.0 Å². The fraction of sp³-hybridized carbons (Fsp3) is 0.500. The van der Waals surface area contributed by atoms with E-state index in [1.165, 1.54) is 6.42 Å². The summed E-state index contributed by atoms with van der Waals surface area (Å²) in [5, 5.41) is 0.645. The Morgan fingerprint density at radius 1 is 1.05 bits per heavy atom. The van der Waals surface area contributed by atoms with Crippen LogP contribution in [-0.4, -0.2) is 36.3 Å². The highest BCUT2D eigenvalue weighted by Gasteiger charge is 2.39. The summed E-state index contributed by atoms with van der Waals surface area (Å²) >= 11 is 5.87. The first-order valence-corrected chi connectivity index (χ1v) is 7.90. The SMILES string of the molecule is O=C([C@H]1CCN(c2ccc(Cl)cc2)C1=O)N1CCCCC1. The fourth-order valence-electron chi connectivity index (χ4n) is 3.12. The van der Waals surface area contributed by atoms with Gasteiger partial charge in [0.15, 0.2) is 0 Å². The maximum atomic E-state index is 12.5. The van der Waals surface area contributed by atoms with Crippen molar-refractivity contribution in [3.05, 3.63) is 29.3 Å². The summed E-state index contributed by atoms with van der Waals surface area (Å²) < 4.78 is 0. The standard InChI is InChI=1S/C16H19ClN2O2/c17-12-4-6-13(7-5-12)19-11-8-14(16(19)21)15(20)18-9-2-1-3-10-18/h4-7,14H,1-3,8-11H2/t14-/m1/s1. The Morgan fingerprint density at radius 3 is 2.38 bits per heavy atom. The van der Waals surface area contributed by atoms with E-state index in [1.54, 1.807) is 17.0 Å². The van der Waals surface area contributed by atoms with Gasteiger partial charge in [-0.1, -0.05) is 11.6 Å². The highest BCUT2D eigenvalue weighted by Crippen LogP contribution is 2.28. The van der Waals surface area contributed by atoms with Crippen LogP contribution in [0.3, 0.4) is 0 Å². The van der Waals surface area contributed by atoms with E-state index in [9.17, 15) is 9.59 Å². The molecule has 0 saturated carbocycles. The maximum absolute atomic E-state index is 12.5. The predicted octanol–water partition coefficient (Wildman–Crippen LogP) is 2.71. The first-order valence-electron chi connectivity index (χ1n) is 7.52. The van der Waals surface area contributed by atoms with Gasteiger partial charge in [0.05, 0.1) is 0 Å². The number of nitrogens with zero attached hydrogens (tertiary/aromatic N) is 2. The summed E-state index contributed by atoms with van der Waals surface area (Å²) in [5.41, 5.74) is 0.818. The van der Waals surface area contributed by atoms with E-state index in [0.29, 0.717) is 18.0 Å². The minimum absolute atomic E-state index is 0.0103. The molecule has 0 unspecified atom stereocenters. The molecule has 0 radical (unpaired) electrons. The number of benzene rings is 1. The Labute approximate surface area is 129 Å². The summed E-state index contributed by atoms with van der Waals surface area (Å²) in [4.78, 5) is 28.6. The Hall–Kier alpha value is -1.55. The molecule has 0 aliphatic carbocycles. The minimum Gasteiger partial charge on any atom is -0.342 e. The van der Waals surface area contributed by atoms with Crippen LogP contribution < -0.4 is 4.90 Å². The Balaban J connectivity index is 1.71. The third kappa shape index (κ3) is 2.91. The number of halogens is 1. The van der Waals surface area contributed by atoms with Crippen LogP contribution in [-0.2, 0) is 9.59 Å². The summed E-state index contributed by atoms with van der Waals surface area (Å²) in [6.07, 6.45) is 3.89. The number of carbonyl (C=O) groups is 2. The molecule has 0 aromatic heterocycles. The van der Waals surface area contributed by atoms with Gasteiger partial charge in [-0.2, -0.15) is 0 Å². The van der Waals surface area contributed by atoms with E-state index in [4.69, 9.17) is 11.6 Å². The lowest BCUT2D eigenvalue weighted by atomic mass is 10.0. The van der Waals surface area contributed by atoms with Crippen LogP contribution in [0.2, 0.25) is 5.02 Å². The Kier molecular flexibility index (Phi) is 4.15. The zero-order valence-electron chi connectivity index (χ0n) is 11.9. The van der Waals surface area contributed by atoms with Crippen LogP contribution in [0.1, 0.15) is 25.7 Å². The second-order valence-electron chi connectivity index (χ2n) is 5.69. The first kappa shape index (κ1) is 14.4. The molecule has 1 aromatic carbocycles. The zero-order valence-corrected chi connectivity index (χ0v) is 12.7. The highest BCUT2D eigenvalue weighted by atomic mass is 35.5. The lowest BCUT2D eigenvalue weighted by Crippen LogP contribution is -2.42. The predicted molar refractivity (Wildman–Crippen MR) is 82.3 cm³/mol. The lowest BCUT2D eigenvalue weighted by Gasteiger charge is -2.28. The Bertz CT molecular complexity index is 538.